The van der Waals surface area contributed by atoms with Crippen LogP contribution in [0.4, 0.5) is 10.5 Å². The number of benzene rings is 1. The Morgan fingerprint density at radius 2 is 1.68 bits per heavy atom. The summed E-state index contributed by atoms with van der Waals surface area (Å²) in [6.07, 6.45) is 1.00. The molecule has 136 valence electrons. The third-order valence-corrected chi connectivity index (χ3v) is 4.79. The van der Waals surface area contributed by atoms with Gasteiger partial charge in [0.25, 0.3) is 5.91 Å². The molecule has 25 heavy (non-hydrogen) atoms. The van der Waals surface area contributed by atoms with Crippen LogP contribution >= 0.6 is 0 Å². The molecular weight excluding hydrogens is 318 g/mol. The van der Waals surface area contributed by atoms with Gasteiger partial charge < -0.3 is 10.6 Å². The SMILES string of the molecule is CCC1(CC)NC(=O)N(CC(=O)Nc2ccc(C(C)(C)C)cc2)C1=O. The molecule has 1 aromatic carbocycles. The zero-order valence-corrected chi connectivity index (χ0v) is 15.6. The van der Waals surface area contributed by atoms with Gasteiger partial charge in [-0.3, -0.25) is 14.5 Å². The maximum absolute atomic E-state index is 12.5. The van der Waals surface area contributed by atoms with E-state index in [9.17, 15) is 14.4 Å². The number of urea groups is 1. The van der Waals surface area contributed by atoms with Crippen LogP contribution in [0.15, 0.2) is 24.3 Å². The largest absolute Gasteiger partial charge is 0.325 e. The Balaban J connectivity index is 2.03. The van der Waals surface area contributed by atoms with E-state index in [0.717, 1.165) is 10.5 Å². The number of anilines is 1. The van der Waals surface area contributed by atoms with Crippen molar-refractivity contribution in [2.45, 2.75) is 58.4 Å². The number of nitrogens with one attached hydrogen (secondary N) is 2. The molecule has 0 radical (unpaired) electrons. The normalized spacial score (nSPS) is 16.8. The highest BCUT2D eigenvalue weighted by Crippen LogP contribution is 2.25. The van der Waals surface area contributed by atoms with E-state index in [1.807, 2.05) is 38.1 Å². The summed E-state index contributed by atoms with van der Waals surface area (Å²) in [5, 5.41) is 5.46. The molecule has 0 atom stereocenters. The fourth-order valence-corrected chi connectivity index (χ4v) is 2.95. The van der Waals surface area contributed by atoms with Crippen LogP contribution in [0.3, 0.4) is 0 Å². The van der Waals surface area contributed by atoms with Crippen molar-refractivity contribution in [3.63, 3.8) is 0 Å². The van der Waals surface area contributed by atoms with Gasteiger partial charge in [-0.05, 0) is 36.0 Å². The molecule has 2 N–H and O–H groups in total. The van der Waals surface area contributed by atoms with E-state index in [4.69, 9.17) is 0 Å². The van der Waals surface area contributed by atoms with Gasteiger partial charge >= 0.3 is 6.03 Å². The molecule has 2 rings (SSSR count). The minimum atomic E-state index is -0.883. The van der Waals surface area contributed by atoms with E-state index >= 15 is 0 Å². The summed E-state index contributed by atoms with van der Waals surface area (Å²) in [4.78, 5) is 37.8. The van der Waals surface area contributed by atoms with Gasteiger partial charge in [0, 0.05) is 5.69 Å². The first-order chi connectivity index (χ1) is 11.6. The second-order valence-electron chi connectivity index (χ2n) is 7.49. The summed E-state index contributed by atoms with van der Waals surface area (Å²) in [6, 6.07) is 7.07. The minimum absolute atomic E-state index is 0.0340. The van der Waals surface area contributed by atoms with E-state index < -0.39 is 17.5 Å². The minimum Gasteiger partial charge on any atom is -0.325 e. The molecular formula is C19H27N3O3. The molecule has 1 fully saturated rings. The second kappa shape index (κ2) is 6.86. The van der Waals surface area contributed by atoms with Crippen molar-refractivity contribution in [1.29, 1.82) is 0 Å². The molecule has 1 saturated heterocycles. The van der Waals surface area contributed by atoms with Crippen molar-refractivity contribution >= 4 is 23.5 Å². The predicted octanol–water partition coefficient (Wildman–Crippen LogP) is 3.03. The number of nitrogens with zero attached hydrogens (tertiary/aromatic N) is 1. The highest BCUT2D eigenvalue weighted by molar-refractivity contribution is 6.10. The smallest absolute Gasteiger partial charge is 0.325 e. The number of rotatable bonds is 5. The highest BCUT2D eigenvalue weighted by Gasteiger charge is 2.49. The third kappa shape index (κ3) is 3.83. The lowest BCUT2D eigenvalue weighted by atomic mass is 9.87. The first kappa shape index (κ1) is 19.0. The van der Waals surface area contributed by atoms with Crippen LogP contribution in [0.1, 0.15) is 53.0 Å². The van der Waals surface area contributed by atoms with Crippen molar-refractivity contribution in [2.24, 2.45) is 0 Å². The van der Waals surface area contributed by atoms with Gasteiger partial charge in [0.15, 0.2) is 0 Å². The first-order valence-corrected chi connectivity index (χ1v) is 8.67. The fourth-order valence-electron chi connectivity index (χ4n) is 2.95. The topological polar surface area (TPSA) is 78.5 Å². The van der Waals surface area contributed by atoms with E-state index in [0.29, 0.717) is 18.5 Å². The highest BCUT2D eigenvalue weighted by atomic mass is 16.2. The van der Waals surface area contributed by atoms with Gasteiger partial charge in [-0.2, -0.15) is 0 Å². The Morgan fingerprint density at radius 3 is 2.12 bits per heavy atom. The van der Waals surface area contributed by atoms with Crippen LogP contribution in [0.2, 0.25) is 0 Å². The quantitative estimate of drug-likeness (QED) is 0.805. The van der Waals surface area contributed by atoms with Crippen molar-refractivity contribution in [3.05, 3.63) is 29.8 Å². The summed E-state index contributed by atoms with van der Waals surface area (Å²) in [7, 11) is 0. The molecule has 0 bridgehead atoms. The molecule has 1 aliphatic rings. The standard InChI is InChI=1S/C19H27N3O3/c1-6-19(7-2)16(24)22(17(25)21-19)12-15(23)20-14-10-8-13(9-11-14)18(3,4)5/h8-11H,6-7,12H2,1-5H3,(H,20,23)(H,21,25). The number of hydrogen-bond donors (Lipinski definition) is 2. The number of hydrogen-bond acceptors (Lipinski definition) is 3. The zero-order chi connectivity index (χ0) is 18.8. The average molecular weight is 345 g/mol. The average Bonchev–Trinajstić information content (AvgIpc) is 2.79. The number of imide groups is 1. The summed E-state index contributed by atoms with van der Waals surface area (Å²) >= 11 is 0. The van der Waals surface area contributed by atoms with E-state index in [2.05, 4.69) is 31.4 Å². The monoisotopic (exact) mass is 345 g/mol. The molecule has 1 heterocycles. The molecule has 1 aliphatic heterocycles. The van der Waals surface area contributed by atoms with Crippen LogP contribution in [-0.4, -0.2) is 34.8 Å². The lowest BCUT2D eigenvalue weighted by Crippen LogP contribution is -2.46. The van der Waals surface area contributed by atoms with Gasteiger partial charge in [0.1, 0.15) is 12.1 Å². The predicted molar refractivity (Wildman–Crippen MR) is 97.3 cm³/mol. The Kier molecular flexibility index (Phi) is 5.20. The Bertz CT molecular complexity index is 670. The summed E-state index contributed by atoms with van der Waals surface area (Å²) in [5.41, 5.74) is 0.954. The second-order valence-corrected chi connectivity index (χ2v) is 7.49. The van der Waals surface area contributed by atoms with E-state index in [1.54, 1.807) is 0 Å². The summed E-state index contributed by atoms with van der Waals surface area (Å²) in [5.74, 6) is -0.726. The van der Waals surface area contributed by atoms with Crippen LogP contribution in [0, 0.1) is 0 Å². The Labute approximate surface area is 149 Å². The molecule has 0 aliphatic carbocycles. The fraction of sp³-hybridized carbons (Fsp3) is 0.526. The third-order valence-electron chi connectivity index (χ3n) is 4.79. The lowest BCUT2D eigenvalue weighted by Gasteiger charge is -2.23. The maximum Gasteiger partial charge on any atom is 0.325 e. The van der Waals surface area contributed by atoms with Crippen molar-refractivity contribution in [3.8, 4) is 0 Å². The van der Waals surface area contributed by atoms with Crippen LogP contribution in [-0.2, 0) is 15.0 Å². The summed E-state index contributed by atoms with van der Waals surface area (Å²) < 4.78 is 0. The number of carbonyl (C=O) groups is 3. The molecule has 0 unspecified atom stereocenters. The molecule has 1 aromatic rings. The number of amides is 4. The molecule has 6 nitrogen and oxygen atoms in total. The van der Waals surface area contributed by atoms with Crippen LogP contribution < -0.4 is 10.6 Å². The lowest BCUT2D eigenvalue weighted by molar-refractivity contribution is -0.134. The van der Waals surface area contributed by atoms with E-state index in [-0.39, 0.29) is 17.9 Å². The van der Waals surface area contributed by atoms with Crippen molar-refractivity contribution < 1.29 is 14.4 Å². The van der Waals surface area contributed by atoms with Gasteiger partial charge in [0.05, 0.1) is 0 Å². The number of carbonyl (C=O) groups excluding carboxylic acids is 3. The molecule has 6 heteroatoms. The summed E-state index contributed by atoms with van der Waals surface area (Å²) in [6.45, 7) is 9.77. The molecule has 0 saturated carbocycles. The van der Waals surface area contributed by atoms with E-state index in [1.165, 1.54) is 0 Å². The Hall–Kier alpha value is -2.37. The van der Waals surface area contributed by atoms with Crippen LogP contribution in [0.5, 0.6) is 0 Å². The Morgan fingerprint density at radius 1 is 1.12 bits per heavy atom. The first-order valence-electron chi connectivity index (χ1n) is 8.67. The maximum atomic E-state index is 12.5. The molecule has 4 amide bonds. The van der Waals surface area contributed by atoms with Gasteiger partial charge in [-0.25, -0.2) is 4.79 Å². The van der Waals surface area contributed by atoms with Crippen molar-refractivity contribution in [2.75, 3.05) is 11.9 Å². The van der Waals surface area contributed by atoms with Gasteiger partial charge in [-0.15, -0.1) is 0 Å². The molecule has 0 spiro atoms. The molecule has 0 aromatic heterocycles. The van der Waals surface area contributed by atoms with Crippen molar-refractivity contribution in [1.82, 2.24) is 10.2 Å². The van der Waals surface area contributed by atoms with Gasteiger partial charge in [0.2, 0.25) is 5.91 Å². The zero-order valence-electron chi connectivity index (χ0n) is 15.6. The van der Waals surface area contributed by atoms with Crippen LogP contribution in [0.25, 0.3) is 0 Å². The van der Waals surface area contributed by atoms with Gasteiger partial charge in [-0.1, -0.05) is 46.8 Å².